The summed E-state index contributed by atoms with van der Waals surface area (Å²) in [6, 6.07) is 6.14. The van der Waals surface area contributed by atoms with Crippen LogP contribution in [-0.2, 0) is 0 Å². The van der Waals surface area contributed by atoms with E-state index >= 15 is 0 Å². The second-order valence-corrected chi connectivity index (χ2v) is 4.97. The summed E-state index contributed by atoms with van der Waals surface area (Å²) in [6.07, 6.45) is 2.09. The molecule has 2 heterocycles. The van der Waals surface area contributed by atoms with Crippen molar-refractivity contribution in [3.63, 3.8) is 0 Å². The predicted octanol–water partition coefficient (Wildman–Crippen LogP) is 2.92. The van der Waals surface area contributed by atoms with Gasteiger partial charge in [-0.05, 0) is 44.0 Å². The molecule has 1 fully saturated rings. The van der Waals surface area contributed by atoms with Gasteiger partial charge in [-0.3, -0.25) is 9.78 Å². The lowest BCUT2D eigenvalue weighted by molar-refractivity contribution is 0.0794. The molecule has 98 valence electrons. The molecule has 19 heavy (non-hydrogen) atoms. The maximum Gasteiger partial charge on any atom is 0.254 e. The first kappa shape index (κ1) is 12.1. The monoisotopic (exact) mass is 258 g/mol. The third kappa shape index (κ3) is 2.18. The van der Waals surface area contributed by atoms with Crippen LogP contribution >= 0.6 is 0 Å². The van der Waals surface area contributed by atoms with Crippen LogP contribution in [0.1, 0.15) is 28.9 Å². The van der Waals surface area contributed by atoms with Crippen molar-refractivity contribution in [2.24, 2.45) is 0 Å². The fraction of sp³-hybridized carbons (Fsp3) is 0.333. The molecule has 0 unspecified atom stereocenters. The summed E-state index contributed by atoms with van der Waals surface area (Å²) >= 11 is 0. The lowest BCUT2D eigenvalue weighted by Crippen LogP contribution is -2.28. The van der Waals surface area contributed by atoms with E-state index in [1.807, 2.05) is 11.8 Å². The molecule has 0 radical (unpaired) electrons. The van der Waals surface area contributed by atoms with Crippen LogP contribution in [0.2, 0.25) is 0 Å². The quantitative estimate of drug-likeness (QED) is 0.788. The molecule has 0 atom stereocenters. The Morgan fingerprint density at radius 2 is 2.00 bits per heavy atom. The van der Waals surface area contributed by atoms with E-state index in [9.17, 15) is 9.18 Å². The molecule has 2 aromatic rings. The Morgan fingerprint density at radius 1 is 1.26 bits per heavy atom. The van der Waals surface area contributed by atoms with Crippen LogP contribution in [0.5, 0.6) is 0 Å². The number of nitrogens with zero attached hydrogens (tertiary/aromatic N) is 2. The van der Waals surface area contributed by atoms with Crippen LogP contribution in [-0.4, -0.2) is 28.9 Å². The number of likely N-dealkylation sites (tertiary alicyclic amines) is 1. The van der Waals surface area contributed by atoms with Crippen LogP contribution in [0, 0.1) is 12.7 Å². The Bertz CT molecular complexity index is 648. The van der Waals surface area contributed by atoms with Crippen molar-refractivity contribution >= 4 is 16.8 Å². The summed E-state index contributed by atoms with van der Waals surface area (Å²) in [5.74, 6) is -0.354. The average molecular weight is 258 g/mol. The van der Waals surface area contributed by atoms with Gasteiger partial charge in [0, 0.05) is 24.2 Å². The second kappa shape index (κ2) is 4.61. The Balaban J connectivity index is 2.15. The zero-order valence-corrected chi connectivity index (χ0v) is 10.8. The Labute approximate surface area is 111 Å². The van der Waals surface area contributed by atoms with Crippen molar-refractivity contribution in [2.45, 2.75) is 19.8 Å². The molecular weight excluding hydrogens is 243 g/mol. The van der Waals surface area contributed by atoms with Gasteiger partial charge in [0.2, 0.25) is 0 Å². The zero-order valence-electron chi connectivity index (χ0n) is 10.8. The second-order valence-electron chi connectivity index (χ2n) is 4.97. The predicted molar refractivity (Wildman–Crippen MR) is 71.6 cm³/mol. The number of hydrogen-bond acceptors (Lipinski definition) is 2. The van der Waals surface area contributed by atoms with E-state index in [2.05, 4.69) is 4.98 Å². The summed E-state index contributed by atoms with van der Waals surface area (Å²) < 4.78 is 13.4. The number of hydrogen-bond donors (Lipinski definition) is 0. The van der Waals surface area contributed by atoms with Gasteiger partial charge in [0.1, 0.15) is 5.82 Å². The van der Waals surface area contributed by atoms with Crippen molar-refractivity contribution in [3.05, 3.63) is 41.3 Å². The number of rotatable bonds is 1. The molecule has 0 bridgehead atoms. The third-order valence-electron chi connectivity index (χ3n) is 3.52. The molecular formula is C15H15FN2O. The number of carbonyl (C=O) groups excluding carboxylic acids is 1. The highest BCUT2D eigenvalue weighted by atomic mass is 19.1. The number of fused-ring (bicyclic) bond motifs is 1. The van der Waals surface area contributed by atoms with Gasteiger partial charge in [-0.25, -0.2) is 4.39 Å². The van der Waals surface area contributed by atoms with Gasteiger partial charge in [-0.1, -0.05) is 0 Å². The number of benzene rings is 1. The van der Waals surface area contributed by atoms with Crippen LogP contribution in [0.15, 0.2) is 24.3 Å². The number of carbonyl (C=O) groups is 1. The highest BCUT2D eigenvalue weighted by Crippen LogP contribution is 2.22. The summed E-state index contributed by atoms with van der Waals surface area (Å²) in [7, 11) is 0. The van der Waals surface area contributed by atoms with Crippen molar-refractivity contribution in [3.8, 4) is 0 Å². The molecule has 0 saturated carbocycles. The molecule has 1 aromatic carbocycles. The van der Waals surface area contributed by atoms with Crippen molar-refractivity contribution in [2.75, 3.05) is 13.1 Å². The Morgan fingerprint density at radius 3 is 2.74 bits per heavy atom. The molecule has 3 rings (SSSR count). The van der Waals surface area contributed by atoms with Crippen LogP contribution in [0.4, 0.5) is 4.39 Å². The van der Waals surface area contributed by atoms with Gasteiger partial charge in [0.15, 0.2) is 0 Å². The third-order valence-corrected chi connectivity index (χ3v) is 3.52. The topological polar surface area (TPSA) is 33.2 Å². The SMILES string of the molecule is Cc1cc(C(=O)N2CCCC2)c2cc(F)ccc2n1. The summed E-state index contributed by atoms with van der Waals surface area (Å²) in [5.41, 5.74) is 2.01. The minimum atomic E-state index is -0.339. The van der Waals surface area contributed by atoms with Gasteiger partial charge in [-0.2, -0.15) is 0 Å². The molecule has 1 amide bonds. The number of aryl methyl sites for hydroxylation is 1. The van der Waals surface area contributed by atoms with Crippen LogP contribution in [0.25, 0.3) is 10.9 Å². The van der Waals surface area contributed by atoms with E-state index in [0.29, 0.717) is 16.5 Å². The van der Waals surface area contributed by atoms with Crippen molar-refractivity contribution in [1.29, 1.82) is 0 Å². The van der Waals surface area contributed by atoms with Gasteiger partial charge in [0.05, 0.1) is 11.1 Å². The van der Waals surface area contributed by atoms with Crippen molar-refractivity contribution in [1.82, 2.24) is 9.88 Å². The lowest BCUT2D eigenvalue weighted by atomic mass is 10.1. The van der Waals surface area contributed by atoms with Crippen LogP contribution in [0.3, 0.4) is 0 Å². The molecule has 1 aliphatic rings. The highest BCUT2D eigenvalue weighted by molar-refractivity contribution is 6.06. The molecule has 3 nitrogen and oxygen atoms in total. The van der Waals surface area contributed by atoms with Crippen molar-refractivity contribution < 1.29 is 9.18 Å². The van der Waals surface area contributed by atoms with Gasteiger partial charge >= 0.3 is 0 Å². The van der Waals surface area contributed by atoms with Gasteiger partial charge < -0.3 is 4.90 Å². The Hall–Kier alpha value is -1.97. The number of halogens is 1. The highest BCUT2D eigenvalue weighted by Gasteiger charge is 2.22. The van der Waals surface area contributed by atoms with Gasteiger partial charge in [0.25, 0.3) is 5.91 Å². The molecule has 1 saturated heterocycles. The lowest BCUT2D eigenvalue weighted by Gasteiger charge is -2.17. The molecule has 0 aliphatic carbocycles. The minimum absolute atomic E-state index is 0.0152. The fourth-order valence-electron chi connectivity index (χ4n) is 2.60. The average Bonchev–Trinajstić information content (AvgIpc) is 2.91. The first-order valence-corrected chi connectivity index (χ1v) is 6.51. The standard InChI is InChI=1S/C15H15FN2O/c1-10-8-13(15(19)18-6-2-3-7-18)12-9-11(16)4-5-14(12)17-10/h4-5,8-9H,2-3,6-7H2,1H3. The van der Waals surface area contributed by atoms with Gasteiger partial charge in [-0.15, -0.1) is 0 Å². The van der Waals surface area contributed by atoms with E-state index in [-0.39, 0.29) is 11.7 Å². The van der Waals surface area contributed by atoms with E-state index in [0.717, 1.165) is 31.6 Å². The smallest absolute Gasteiger partial charge is 0.254 e. The zero-order chi connectivity index (χ0) is 13.4. The molecule has 1 aliphatic heterocycles. The van der Waals surface area contributed by atoms with E-state index < -0.39 is 0 Å². The van der Waals surface area contributed by atoms with E-state index in [4.69, 9.17) is 0 Å². The van der Waals surface area contributed by atoms with E-state index in [1.165, 1.54) is 12.1 Å². The maximum absolute atomic E-state index is 13.4. The summed E-state index contributed by atoms with van der Waals surface area (Å²) in [6.45, 7) is 3.43. The van der Waals surface area contributed by atoms with E-state index in [1.54, 1.807) is 12.1 Å². The first-order valence-electron chi connectivity index (χ1n) is 6.51. The first-order chi connectivity index (χ1) is 9.15. The number of pyridine rings is 1. The molecule has 0 N–H and O–H groups in total. The Kier molecular flexibility index (Phi) is 2.93. The molecule has 0 spiro atoms. The fourth-order valence-corrected chi connectivity index (χ4v) is 2.60. The summed E-state index contributed by atoms with van der Waals surface area (Å²) in [5, 5.41) is 0.600. The molecule has 1 aromatic heterocycles. The normalized spacial score (nSPS) is 15.2. The molecule has 4 heteroatoms. The number of aromatic nitrogens is 1. The van der Waals surface area contributed by atoms with Crippen LogP contribution < -0.4 is 0 Å². The largest absolute Gasteiger partial charge is 0.339 e. The maximum atomic E-state index is 13.4. The number of amides is 1. The minimum Gasteiger partial charge on any atom is -0.339 e. The summed E-state index contributed by atoms with van der Waals surface area (Å²) in [4.78, 5) is 18.7.